The molecule has 78 valence electrons. The molecule has 2 rings (SSSR count). The molecule has 1 saturated carbocycles. The van der Waals surface area contributed by atoms with Gasteiger partial charge in [-0.3, -0.25) is 0 Å². The maximum absolute atomic E-state index is 10.5. The fourth-order valence-corrected chi connectivity index (χ4v) is 2.52. The summed E-state index contributed by atoms with van der Waals surface area (Å²) in [4.78, 5) is 4.25. The van der Waals surface area contributed by atoms with Gasteiger partial charge in [-0.15, -0.1) is 0 Å². The van der Waals surface area contributed by atoms with Crippen molar-refractivity contribution in [3.8, 4) is 0 Å². The van der Waals surface area contributed by atoms with Crippen molar-refractivity contribution in [3.63, 3.8) is 0 Å². The Hall–Kier alpha value is -0.830. The van der Waals surface area contributed by atoms with Crippen LogP contribution in [0.25, 0.3) is 0 Å². The minimum atomic E-state index is -0.707. The van der Waals surface area contributed by atoms with E-state index >= 15 is 0 Å². The number of aliphatic hydroxyl groups is 1. The van der Waals surface area contributed by atoms with Crippen molar-refractivity contribution in [2.24, 2.45) is 12.5 Å². The molecular weight excluding hydrogens is 176 g/mol. The van der Waals surface area contributed by atoms with Crippen LogP contribution in [-0.4, -0.2) is 14.7 Å². The van der Waals surface area contributed by atoms with Crippen LogP contribution in [0.3, 0.4) is 0 Å². The highest BCUT2D eigenvalue weighted by Gasteiger charge is 2.45. The van der Waals surface area contributed by atoms with Gasteiger partial charge in [0.05, 0.1) is 0 Å². The number of imidazole rings is 1. The average Bonchev–Trinajstić information content (AvgIpc) is 2.57. The fourth-order valence-electron chi connectivity index (χ4n) is 2.52. The molecule has 0 saturated heterocycles. The first-order valence-electron chi connectivity index (χ1n) is 5.13. The van der Waals surface area contributed by atoms with Gasteiger partial charge in [-0.1, -0.05) is 13.8 Å². The summed E-state index contributed by atoms with van der Waals surface area (Å²) in [5.74, 6) is 0.808. The van der Waals surface area contributed by atoms with E-state index in [1.54, 1.807) is 6.20 Å². The van der Waals surface area contributed by atoms with E-state index in [0.717, 1.165) is 25.1 Å². The quantitative estimate of drug-likeness (QED) is 0.740. The van der Waals surface area contributed by atoms with Crippen molar-refractivity contribution < 1.29 is 5.11 Å². The van der Waals surface area contributed by atoms with Crippen molar-refractivity contribution in [2.45, 2.75) is 38.7 Å². The van der Waals surface area contributed by atoms with Crippen molar-refractivity contribution >= 4 is 0 Å². The topological polar surface area (TPSA) is 38.0 Å². The third-order valence-electron chi connectivity index (χ3n) is 3.22. The number of nitrogens with zero attached hydrogens (tertiary/aromatic N) is 2. The molecule has 0 spiro atoms. The highest BCUT2D eigenvalue weighted by molar-refractivity contribution is 5.09. The first kappa shape index (κ1) is 9.71. The van der Waals surface area contributed by atoms with Crippen LogP contribution in [0.4, 0.5) is 0 Å². The predicted octanol–water partition coefficient (Wildman–Crippen LogP) is 1.82. The van der Waals surface area contributed by atoms with Crippen LogP contribution in [0.15, 0.2) is 12.4 Å². The van der Waals surface area contributed by atoms with Gasteiger partial charge in [0.25, 0.3) is 0 Å². The summed E-state index contributed by atoms with van der Waals surface area (Å²) in [6.45, 7) is 4.40. The molecule has 0 amide bonds. The molecule has 1 atom stereocenters. The van der Waals surface area contributed by atoms with E-state index in [9.17, 15) is 5.11 Å². The molecule has 3 heteroatoms. The van der Waals surface area contributed by atoms with E-state index in [4.69, 9.17) is 0 Å². The lowest BCUT2D eigenvalue weighted by atomic mass is 9.89. The van der Waals surface area contributed by atoms with E-state index in [0.29, 0.717) is 0 Å². The predicted molar refractivity (Wildman–Crippen MR) is 54.7 cm³/mol. The molecule has 0 aromatic carbocycles. The Bertz CT molecular complexity index is 343. The van der Waals surface area contributed by atoms with Crippen LogP contribution in [0.5, 0.6) is 0 Å². The maximum Gasteiger partial charge on any atom is 0.140 e. The average molecular weight is 194 g/mol. The van der Waals surface area contributed by atoms with Crippen LogP contribution >= 0.6 is 0 Å². The minimum absolute atomic E-state index is 0.237. The molecule has 14 heavy (non-hydrogen) atoms. The van der Waals surface area contributed by atoms with Gasteiger partial charge in [-0.05, 0) is 24.7 Å². The molecule has 1 aliphatic rings. The third-order valence-corrected chi connectivity index (χ3v) is 3.22. The lowest BCUT2D eigenvalue weighted by Crippen LogP contribution is -2.27. The van der Waals surface area contributed by atoms with Gasteiger partial charge in [-0.25, -0.2) is 4.98 Å². The molecule has 1 aliphatic carbocycles. The second-order valence-electron chi connectivity index (χ2n) is 5.23. The summed E-state index contributed by atoms with van der Waals surface area (Å²) < 4.78 is 1.92. The summed E-state index contributed by atoms with van der Waals surface area (Å²) in [5, 5.41) is 10.5. The van der Waals surface area contributed by atoms with Gasteiger partial charge < -0.3 is 9.67 Å². The van der Waals surface area contributed by atoms with Crippen LogP contribution in [0.1, 0.15) is 38.9 Å². The normalized spacial score (nSPS) is 30.9. The maximum atomic E-state index is 10.5. The Morgan fingerprint density at radius 1 is 1.43 bits per heavy atom. The third kappa shape index (κ3) is 1.46. The second kappa shape index (κ2) is 2.83. The molecule has 3 nitrogen and oxygen atoms in total. The summed E-state index contributed by atoms with van der Waals surface area (Å²) in [5.41, 5.74) is -0.470. The summed E-state index contributed by atoms with van der Waals surface area (Å²) in [6.07, 6.45) is 6.34. The zero-order valence-corrected chi connectivity index (χ0v) is 9.12. The van der Waals surface area contributed by atoms with E-state index in [1.807, 2.05) is 17.8 Å². The Morgan fingerprint density at radius 3 is 2.57 bits per heavy atom. The summed E-state index contributed by atoms with van der Waals surface area (Å²) >= 11 is 0. The van der Waals surface area contributed by atoms with Crippen molar-refractivity contribution in [3.05, 3.63) is 18.2 Å². The SMILES string of the molecule is Cn1ccnc1C1(O)CCC(C)(C)C1. The zero-order valence-electron chi connectivity index (χ0n) is 9.12. The Morgan fingerprint density at radius 2 is 2.14 bits per heavy atom. The second-order valence-corrected chi connectivity index (χ2v) is 5.23. The monoisotopic (exact) mass is 194 g/mol. The molecule has 1 N–H and O–H groups in total. The number of hydrogen-bond donors (Lipinski definition) is 1. The van der Waals surface area contributed by atoms with Crippen LogP contribution in [0.2, 0.25) is 0 Å². The van der Waals surface area contributed by atoms with Gasteiger partial charge in [-0.2, -0.15) is 0 Å². The van der Waals surface area contributed by atoms with Gasteiger partial charge in [0.15, 0.2) is 0 Å². The molecule has 1 aromatic rings. The van der Waals surface area contributed by atoms with Gasteiger partial charge in [0.2, 0.25) is 0 Å². The molecule has 0 aliphatic heterocycles. The van der Waals surface area contributed by atoms with Crippen molar-refractivity contribution in [1.82, 2.24) is 9.55 Å². The van der Waals surface area contributed by atoms with E-state index in [1.165, 1.54) is 0 Å². The molecule has 0 bridgehead atoms. The number of aryl methyl sites for hydroxylation is 1. The largest absolute Gasteiger partial charge is 0.382 e. The van der Waals surface area contributed by atoms with Gasteiger partial charge in [0.1, 0.15) is 11.4 Å². The first-order valence-corrected chi connectivity index (χ1v) is 5.13. The smallest absolute Gasteiger partial charge is 0.140 e. The van der Waals surface area contributed by atoms with Crippen LogP contribution < -0.4 is 0 Å². The number of rotatable bonds is 1. The van der Waals surface area contributed by atoms with Gasteiger partial charge in [0, 0.05) is 19.4 Å². The van der Waals surface area contributed by atoms with E-state index in [-0.39, 0.29) is 5.41 Å². The van der Waals surface area contributed by atoms with Crippen LogP contribution in [0, 0.1) is 5.41 Å². The van der Waals surface area contributed by atoms with E-state index in [2.05, 4.69) is 18.8 Å². The highest BCUT2D eigenvalue weighted by atomic mass is 16.3. The van der Waals surface area contributed by atoms with Crippen LogP contribution in [-0.2, 0) is 12.6 Å². The Kier molecular flexibility index (Phi) is 1.96. The van der Waals surface area contributed by atoms with Gasteiger partial charge >= 0.3 is 0 Å². The number of aromatic nitrogens is 2. The number of hydrogen-bond acceptors (Lipinski definition) is 2. The molecular formula is C11H18N2O. The zero-order chi connectivity index (χ0) is 10.4. The van der Waals surface area contributed by atoms with Crippen molar-refractivity contribution in [2.75, 3.05) is 0 Å². The minimum Gasteiger partial charge on any atom is -0.382 e. The molecule has 1 aromatic heterocycles. The Labute approximate surface area is 84.8 Å². The summed E-state index contributed by atoms with van der Waals surface area (Å²) in [6, 6.07) is 0. The fraction of sp³-hybridized carbons (Fsp3) is 0.727. The lowest BCUT2D eigenvalue weighted by molar-refractivity contribution is 0.0223. The van der Waals surface area contributed by atoms with Crippen molar-refractivity contribution in [1.29, 1.82) is 0 Å². The molecule has 1 fully saturated rings. The summed E-state index contributed by atoms with van der Waals surface area (Å²) in [7, 11) is 1.94. The van der Waals surface area contributed by atoms with E-state index < -0.39 is 5.60 Å². The molecule has 1 heterocycles. The lowest BCUT2D eigenvalue weighted by Gasteiger charge is -2.24. The Balaban J connectivity index is 2.32. The highest BCUT2D eigenvalue weighted by Crippen LogP contribution is 2.48. The molecule has 1 unspecified atom stereocenters. The molecule has 0 radical (unpaired) electrons. The standard InChI is InChI=1S/C11H18N2O/c1-10(2)4-5-11(14,8-10)9-12-6-7-13(9)3/h6-7,14H,4-5,8H2,1-3H3. The first-order chi connectivity index (χ1) is 6.43.